The van der Waals surface area contributed by atoms with Crippen LogP contribution in [0, 0.1) is 27.7 Å². The van der Waals surface area contributed by atoms with Crippen molar-refractivity contribution in [2.24, 2.45) is 0 Å². The van der Waals surface area contributed by atoms with Crippen molar-refractivity contribution in [1.29, 1.82) is 0 Å². The second kappa shape index (κ2) is 9.49. The number of hydrogen-bond donors (Lipinski definition) is 2. The number of halogens is 1. The Balaban J connectivity index is 1.66. The predicted octanol–water partition coefficient (Wildman–Crippen LogP) is 6.44. The first-order valence-electron chi connectivity index (χ1n) is 10.7. The van der Waals surface area contributed by atoms with E-state index in [1.165, 1.54) is 17.5 Å². The maximum atomic E-state index is 13.1. The van der Waals surface area contributed by atoms with Crippen LogP contribution in [0.3, 0.4) is 0 Å². The van der Waals surface area contributed by atoms with Gasteiger partial charge in [-0.2, -0.15) is 0 Å². The summed E-state index contributed by atoms with van der Waals surface area (Å²) in [6.07, 6.45) is 0.00305. The molecule has 0 saturated carbocycles. The predicted molar refractivity (Wildman–Crippen MR) is 137 cm³/mol. The molecule has 2 amide bonds. The molecule has 0 spiro atoms. The summed E-state index contributed by atoms with van der Waals surface area (Å²) in [5.74, 6) is -0.454. The lowest BCUT2D eigenvalue weighted by Crippen LogP contribution is -2.46. The van der Waals surface area contributed by atoms with E-state index in [2.05, 4.69) is 43.5 Å². The SMILES string of the molecule is Cc1cc(C)c(SN2c3ccccc3NC(=O)C2CC(=O)Nc2cc(Cl)ccc2C)c(C)c1. The van der Waals surface area contributed by atoms with Crippen LogP contribution < -0.4 is 14.9 Å². The van der Waals surface area contributed by atoms with Crippen LogP contribution in [0.25, 0.3) is 0 Å². The van der Waals surface area contributed by atoms with E-state index in [0.717, 1.165) is 33.0 Å². The number of nitrogens with zero attached hydrogens (tertiary/aromatic N) is 1. The number of amides is 2. The zero-order valence-electron chi connectivity index (χ0n) is 19.0. The minimum Gasteiger partial charge on any atom is -0.326 e. The Morgan fingerprint density at radius 2 is 1.73 bits per heavy atom. The Hall–Kier alpha value is -2.96. The molecule has 0 aliphatic carbocycles. The standard InChI is InChI=1S/C26H26ClN3O2S/c1-15-11-17(3)25(18(4)12-15)33-30-22-8-6-5-7-20(22)29-26(32)23(30)14-24(31)28-21-13-19(27)10-9-16(21)2/h5-13,23H,14H2,1-4H3,(H,28,31)(H,29,32). The Morgan fingerprint density at radius 1 is 1.03 bits per heavy atom. The molecule has 1 aliphatic rings. The van der Waals surface area contributed by atoms with Gasteiger partial charge in [0.05, 0.1) is 17.8 Å². The number of carbonyl (C=O) groups is 2. The van der Waals surface area contributed by atoms with E-state index < -0.39 is 6.04 Å². The van der Waals surface area contributed by atoms with Crippen molar-refractivity contribution in [2.75, 3.05) is 14.9 Å². The third-order valence-corrected chi connectivity index (χ3v) is 7.34. The molecule has 0 saturated heterocycles. The number of benzene rings is 3. The summed E-state index contributed by atoms with van der Waals surface area (Å²) in [4.78, 5) is 27.2. The number of rotatable bonds is 5. The second-order valence-electron chi connectivity index (χ2n) is 8.38. The zero-order chi connectivity index (χ0) is 23.7. The Kier molecular flexibility index (Phi) is 6.68. The monoisotopic (exact) mass is 479 g/mol. The topological polar surface area (TPSA) is 61.4 Å². The Bertz CT molecular complexity index is 1220. The first kappa shape index (κ1) is 23.2. The average molecular weight is 480 g/mol. The summed E-state index contributed by atoms with van der Waals surface area (Å²) in [6.45, 7) is 8.12. The highest BCUT2D eigenvalue weighted by Gasteiger charge is 2.36. The van der Waals surface area contributed by atoms with Crippen molar-refractivity contribution in [2.45, 2.75) is 45.1 Å². The van der Waals surface area contributed by atoms with Crippen molar-refractivity contribution >= 4 is 52.4 Å². The van der Waals surface area contributed by atoms with E-state index >= 15 is 0 Å². The number of hydrogen-bond acceptors (Lipinski definition) is 4. The molecule has 0 bridgehead atoms. The molecule has 170 valence electrons. The molecule has 1 unspecified atom stereocenters. The van der Waals surface area contributed by atoms with Gasteiger partial charge in [0.15, 0.2) is 0 Å². The van der Waals surface area contributed by atoms with Crippen LogP contribution in [0.2, 0.25) is 5.02 Å². The van der Waals surface area contributed by atoms with Crippen LogP contribution in [0.15, 0.2) is 59.5 Å². The molecule has 1 atom stereocenters. The van der Waals surface area contributed by atoms with Gasteiger partial charge in [-0.05, 0) is 80.6 Å². The lowest BCUT2D eigenvalue weighted by atomic mass is 10.1. The number of nitrogens with one attached hydrogen (secondary N) is 2. The average Bonchev–Trinajstić information content (AvgIpc) is 2.75. The van der Waals surface area contributed by atoms with E-state index in [-0.39, 0.29) is 18.2 Å². The van der Waals surface area contributed by atoms with Crippen LogP contribution in [0.4, 0.5) is 17.1 Å². The molecule has 3 aromatic carbocycles. The van der Waals surface area contributed by atoms with Crippen molar-refractivity contribution < 1.29 is 9.59 Å². The summed E-state index contributed by atoms with van der Waals surface area (Å²) in [5, 5.41) is 6.42. The normalized spacial score (nSPS) is 15.1. The number of para-hydroxylation sites is 2. The highest BCUT2D eigenvalue weighted by Crippen LogP contribution is 2.42. The zero-order valence-corrected chi connectivity index (χ0v) is 20.6. The molecule has 4 rings (SSSR count). The first-order chi connectivity index (χ1) is 15.7. The lowest BCUT2D eigenvalue weighted by molar-refractivity contribution is -0.122. The van der Waals surface area contributed by atoms with Crippen LogP contribution in [0.1, 0.15) is 28.7 Å². The highest BCUT2D eigenvalue weighted by molar-refractivity contribution is 8.00. The molecule has 0 aromatic heterocycles. The molecule has 2 N–H and O–H groups in total. The maximum absolute atomic E-state index is 13.1. The molecule has 0 fully saturated rings. The van der Waals surface area contributed by atoms with Crippen molar-refractivity contribution in [1.82, 2.24) is 0 Å². The van der Waals surface area contributed by atoms with Gasteiger partial charge in [-0.3, -0.25) is 13.9 Å². The molecule has 1 heterocycles. The minimum atomic E-state index is -0.676. The van der Waals surface area contributed by atoms with E-state index in [9.17, 15) is 9.59 Å². The number of fused-ring (bicyclic) bond motifs is 1. The van der Waals surface area contributed by atoms with Gasteiger partial charge in [0.1, 0.15) is 6.04 Å². The smallest absolute Gasteiger partial charge is 0.248 e. The van der Waals surface area contributed by atoms with Crippen LogP contribution >= 0.6 is 23.5 Å². The van der Waals surface area contributed by atoms with Crippen molar-refractivity contribution in [3.8, 4) is 0 Å². The largest absolute Gasteiger partial charge is 0.326 e. The summed E-state index contributed by atoms with van der Waals surface area (Å²) in [7, 11) is 0. The fraction of sp³-hybridized carbons (Fsp3) is 0.231. The molecule has 7 heteroatoms. The molecule has 3 aromatic rings. The summed E-state index contributed by atoms with van der Waals surface area (Å²) in [5.41, 5.74) is 6.63. The van der Waals surface area contributed by atoms with Gasteiger partial charge in [0, 0.05) is 15.6 Å². The maximum Gasteiger partial charge on any atom is 0.248 e. The molecule has 1 aliphatic heterocycles. The summed E-state index contributed by atoms with van der Waals surface area (Å²) >= 11 is 7.60. The summed E-state index contributed by atoms with van der Waals surface area (Å²) in [6, 6.07) is 16.6. The number of aryl methyl sites for hydroxylation is 4. The molecular formula is C26H26ClN3O2S. The van der Waals surface area contributed by atoms with Gasteiger partial charge >= 0.3 is 0 Å². The van der Waals surface area contributed by atoms with Gasteiger partial charge < -0.3 is 10.6 Å². The van der Waals surface area contributed by atoms with E-state index in [4.69, 9.17) is 11.6 Å². The quantitative estimate of drug-likeness (QED) is 0.413. The Morgan fingerprint density at radius 3 is 2.45 bits per heavy atom. The van der Waals surface area contributed by atoms with Gasteiger partial charge in [-0.15, -0.1) is 0 Å². The fourth-order valence-corrected chi connectivity index (χ4v) is 5.39. The van der Waals surface area contributed by atoms with E-state index in [1.807, 2.05) is 41.6 Å². The second-order valence-corrected chi connectivity index (χ2v) is 9.80. The van der Waals surface area contributed by atoms with Gasteiger partial charge in [-0.1, -0.05) is 47.5 Å². The fourth-order valence-electron chi connectivity index (χ4n) is 4.07. The van der Waals surface area contributed by atoms with Gasteiger partial charge in [0.25, 0.3) is 0 Å². The van der Waals surface area contributed by atoms with E-state index in [1.54, 1.807) is 12.1 Å². The first-order valence-corrected chi connectivity index (χ1v) is 11.9. The van der Waals surface area contributed by atoms with Gasteiger partial charge in [0.2, 0.25) is 11.8 Å². The molecule has 5 nitrogen and oxygen atoms in total. The van der Waals surface area contributed by atoms with Crippen molar-refractivity contribution in [3.05, 3.63) is 81.9 Å². The molecule has 0 radical (unpaired) electrons. The van der Waals surface area contributed by atoms with Crippen molar-refractivity contribution in [3.63, 3.8) is 0 Å². The highest BCUT2D eigenvalue weighted by atomic mass is 35.5. The van der Waals surface area contributed by atoms with E-state index in [0.29, 0.717) is 10.7 Å². The summed E-state index contributed by atoms with van der Waals surface area (Å²) < 4.78 is 1.96. The number of carbonyl (C=O) groups excluding carboxylic acids is 2. The van der Waals surface area contributed by atoms with Gasteiger partial charge in [-0.25, -0.2) is 0 Å². The molecular weight excluding hydrogens is 454 g/mol. The van der Waals surface area contributed by atoms with Crippen LogP contribution in [-0.2, 0) is 9.59 Å². The third-order valence-electron chi connectivity index (χ3n) is 5.63. The number of anilines is 3. The lowest BCUT2D eigenvalue weighted by Gasteiger charge is -2.37. The third kappa shape index (κ3) is 5.02. The minimum absolute atomic E-state index is 0.00305. The van der Waals surface area contributed by atoms with Crippen LogP contribution in [-0.4, -0.2) is 17.9 Å². The Labute approximate surface area is 203 Å². The molecule has 33 heavy (non-hydrogen) atoms. The van der Waals surface area contributed by atoms with Crippen LogP contribution in [0.5, 0.6) is 0 Å².